The molecule has 144 valence electrons. The number of esters is 1. The smallest absolute Gasteiger partial charge is 0.339 e. The quantitative estimate of drug-likeness (QED) is 0.784. The van der Waals surface area contributed by atoms with Gasteiger partial charge in [-0.05, 0) is 43.5 Å². The minimum atomic E-state index is -0.992. The first-order valence-electron chi connectivity index (χ1n) is 9.58. The van der Waals surface area contributed by atoms with Crippen molar-refractivity contribution in [3.63, 3.8) is 0 Å². The van der Waals surface area contributed by atoms with E-state index in [9.17, 15) is 14.4 Å². The van der Waals surface area contributed by atoms with Crippen molar-refractivity contribution < 1.29 is 19.1 Å². The lowest BCUT2D eigenvalue weighted by atomic mass is 10.1. The monoisotopic (exact) mass is 378 g/mol. The topological polar surface area (TPSA) is 75.7 Å². The summed E-state index contributed by atoms with van der Waals surface area (Å²) < 4.78 is 5.57. The molecular formula is C22H22N2O4. The van der Waals surface area contributed by atoms with Crippen LogP contribution in [0.4, 0.5) is 5.69 Å². The van der Waals surface area contributed by atoms with Gasteiger partial charge in [0, 0.05) is 30.3 Å². The molecule has 6 nitrogen and oxygen atoms in total. The van der Waals surface area contributed by atoms with E-state index in [-0.39, 0.29) is 17.9 Å². The van der Waals surface area contributed by atoms with Crippen LogP contribution in [0.3, 0.4) is 0 Å². The first-order valence-corrected chi connectivity index (χ1v) is 9.58. The maximum atomic E-state index is 12.6. The van der Waals surface area contributed by atoms with Crippen molar-refractivity contribution in [2.75, 3.05) is 11.4 Å². The highest BCUT2D eigenvalue weighted by Gasteiger charge is 2.31. The van der Waals surface area contributed by atoms with Gasteiger partial charge in [0.1, 0.15) is 0 Å². The lowest BCUT2D eigenvalue weighted by molar-refractivity contribution is -0.130. The maximum absolute atomic E-state index is 12.6. The predicted molar refractivity (Wildman–Crippen MR) is 104 cm³/mol. The third kappa shape index (κ3) is 4.06. The van der Waals surface area contributed by atoms with Gasteiger partial charge >= 0.3 is 5.97 Å². The Labute approximate surface area is 163 Å². The summed E-state index contributed by atoms with van der Waals surface area (Å²) in [5, 5.41) is 2.90. The van der Waals surface area contributed by atoms with E-state index < -0.39 is 12.1 Å². The Morgan fingerprint density at radius 1 is 1.04 bits per heavy atom. The molecule has 28 heavy (non-hydrogen) atoms. The number of rotatable bonds is 6. The molecule has 0 aromatic heterocycles. The zero-order valence-electron chi connectivity index (χ0n) is 15.5. The van der Waals surface area contributed by atoms with Crippen LogP contribution < -0.4 is 10.2 Å². The molecule has 1 saturated heterocycles. The molecule has 2 fully saturated rings. The van der Waals surface area contributed by atoms with E-state index >= 15 is 0 Å². The zero-order chi connectivity index (χ0) is 19.5. The summed E-state index contributed by atoms with van der Waals surface area (Å²) >= 11 is 0. The highest BCUT2D eigenvalue weighted by atomic mass is 16.5. The summed E-state index contributed by atoms with van der Waals surface area (Å²) in [6.45, 7) is 0.694. The normalized spacial score (nSPS) is 17.3. The van der Waals surface area contributed by atoms with Crippen LogP contribution in [0.1, 0.15) is 47.7 Å². The van der Waals surface area contributed by atoms with Crippen LogP contribution in [0.5, 0.6) is 0 Å². The van der Waals surface area contributed by atoms with Gasteiger partial charge in [0.05, 0.1) is 5.56 Å². The second kappa shape index (κ2) is 7.84. The summed E-state index contributed by atoms with van der Waals surface area (Å²) in [4.78, 5) is 38.8. The van der Waals surface area contributed by atoms with Crippen LogP contribution in [0.25, 0.3) is 0 Å². The Kier molecular flexibility index (Phi) is 5.10. The Balaban J connectivity index is 1.49. The summed E-state index contributed by atoms with van der Waals surface area (Å²) in [6.07, 6.45) is 2.32. The number of carbonyl (C=O) groups is 3. The first kappa shape index (κ1) is 18.2. The molecule has 2 aromatic rings. The highest BCUT2D eigenvalue weighted by molar-refractivity contribution is 5.97. The van der Waals surface area contributed by atoms with Crippen LogP contribution >= 0.6 is 0 Å². The second-order valence-electron chi connectivity index (χ2n) is 7.17. The van der Waals surface area contributed by atoms with E-state index in [1.54, 1.807) is 41.3 Å². The standard InChI is InChI=1S/C22H22N2O4/c25-19-7-4-14-24(19)18-12-8-16(9-13-18)22(27)28-20(15-5-2-1-3-6-15)21(26)23-17-10-11-17/h1-3,5-6,8-9,12-13,17,20H,4,7,10-11,14H2,(H,23,26)/t20-/m1/s1. The van der Waals surface area contributed by atoms with E-state index in [0.29, 0.717) is 24.1 Å². The lowest BCUT2D eigenvalue weighted by Gasteiger charge is -2.19. The van der Waals surface area contributed by atoms with Gasteiger partial charge in [-0.25, -0.2) is 4.79 Å². The average Bonchev–Trinajstić information content (AvgIpc) is 3.43. The molecule has 1 aliphatic heterocycles. The molecule has 6 heteroatoms. The van der Waals surface area contributed by atoms with Crippen molar-refractivity contribution in [2.24, 2.45) is 0 Å². The average molecular weight is 378 g/mol. The molecule has 1 N–H and O–H groups in total. The summed E-state index contributed by atoms with van der Waals surface area (Å²) in [5.74, 6) is -0.781. The van der Waals surface area contributed by atoms with Gasteiger partial charge in [0.25, 0.3) is 5.91 Å². The largest absolute Gasteiger partial charge is 0.444 e. The molecule has 1 aliphatic carbocycles. The van der Waals surface area contributed by atoms with Gasteiger partial charge in [0.15, 0.2) is 0 Å². The highest BCUT2D eigenvalue weighted by Crippen LogP contribution is 2.25. The number of hydrogen-bond donors (Lipinski definition) is 1. The van der Waals surface area contributed by atoms with Crippen LogP contribution in [-0.4, -0.2) is 30.4 Å². The van der Waals surface area contributed by atoms with E-state index in [4.69, 9.17) is 4.74 Å². The van der Waals surface area contributed by atoms with Crippen molar-refractivity contribution in [3.05, 3.63) is 65.7 Å². The van der Waals surface area contributed by atoms with Crippen molar-refractivity contribution >= 4 is 23.5 Å². The third-order valence-electron chi connectivity index (χ3n) is 4.98. The van der Waals surface area contributed by atoms with Gasteiger partial charge in [-0.3, -0.25) is 9.59 Å². The molecule has 0 unspecified atom stereocenters. The van der Waals surface area contributed by atoms with Gasteiger partial charge in [-0.1, -0.05) is 30.3 Å². The molecular weight excluding hydrogens is 356 g/mol. The molecule has 4 rings (SSSR count). The predicted octanol–water partition coefficient (Wildman–Crippen LogP) is 2.99. The number of benzene rings is 2. The Hall–Kier alpha value is -3.15. The molecule has 2 aliphatic rings. The van der Waals surface area contributed by atoms with Crippen LogP contribution in [0, 0.1) is 0 Å². The lowest BCUT2D eigenvalue weighted by Crippen LogP contribution is -2.33. The van der Waals surface area contributed by atoms with E-state index in [2.05, 4.69) is 5.32 Å². The Morgan fingerprint density at radius 3 is 2.36 bits per heavy atom. The molecule has 0 radical (unpaired) electrons. The number of carbonyl (C=O) groups excluding carboxylic acids is 3. The van der Waals surface area contributed by atoms with Gasteiger partial charge < -0.3 is 15.0 Å². The van der Waals surface area contributed by atoms with E-state index in [0.717, 1.165) is 24.9 Å². The van der Waals surface area contributed by atoms with Crippen LogP contribution in [-0.2, 0) is 14.3 Å². The fourth-order valence-electron chi connectivity index (χ4n) is 3.28. The van der Waals surface area contributed by atoms with E-state index in [1.807, 2.05) is 18.2 Å². The number of ether oxygens (including phenoxy) is 1. The molecule has 2 aromatic carbocycles. The summed E-state index contributed by atoms with van der Waals surface area (Å²) in [5.41, 5.74) is 1.74. The minimum Gasteiger partial charge on any atom is -0.444 e. The molecule has 1 heterocycles. The maximum Gasteiger partial charge on any atom is 0.339 e. The molecule has 1 saturated carbocycles. The van der Waals surface area contributed by atoms with Crippen LogP contribution in [0.15, 0.2) is 54.6 Å². The zero-order valence-corrected chi connectivity index (χ0v) is 15.5. The van der Waals surface area contributed by atoms with E-state index in [1.165, 1.54) is 0 Å². The number of amides is 2. The summed E-state index contributed by atoms with van der Waals surface area (Å²) in [6, 6.07) is 15.9. The SMILES string of the molecule is O=C(O[C@@H](C(=O)NC1CC1)c1ccccc1)c1ccc(N2CCCC2=O)cc1. The molecule has 0 spiro atoms. The van der Waals surface area contributed by atoms with Crippen LogP contribution in [0.2, 0.25) is 0 Å². The fraction of sp³-hybridized carbons (Fsp3) is 0.318. The van der Waals surface area contributed by atoms with Gasteiger partial charge in [-0.2, -0.15) is 0 Å². The van der Waals surface area contributed by atoms with Crippen molar-refractivity contribution in [3.8, 4) is 0 Å². The summed E-state index contributed by atoms with van der Waals surface area (Å²) in [7, 11) is 0. The van der Waals surface area contributed by atoms with Crippen molar-refractivity contribution in [2.45, 2.75) is 37.8 Å². The molecule has 2 amide bonds. The second-order valence-corrected chi connectivity index (χ2v) is 7.17. The molecule has 0 bridgehead atoms. The third-order valence-corrected chi connectivity index (χ3v) is 4.98. The Bertz CT molecular complexity index is 875. The number of hydrogen-bond acceptors (Lipinski definition) is 4. The fourth-order valence-corrected chi connectivity index (χ4v) is 3.28. The minimum absolute atomic E-state index is 0.0937. The first-order chi connectivity index (χ1) is 13.6. The number of nitrogens with zero attached hydrogens (tertiary/aromatic N) is 1. The van der Waals surface area contributed by atoms with Gasteiger partial charge in [-0.15, -0.1) is 0 Å². The number of nitrogens with one attached hydrogen (secondary N) is 1. The Morgan fingerprint density at radius 2 is 1.75 bits per heavy atom. The van der Waals surface area contributed by atoms with Crippen molar-refractivity contribution in [1.29, 1.82) is 0 Å². The van der Waals surface area contributed by atoms with Gasteiger partial charge in [0.2, 0.25) is 12.0 Å². The molecule has 1 atom stereocenters. The number of anilines is 1. The van der Waals surface area contributed by atoms with Crippen molar-refractivity contribution in [1.82, 2.24) is 5.32 Å².